The number of amides is 2. The number of esters is 1. The summed E-state index contributed by atoms with van der Waals surface area (Å²) in [6.07, 6.45) is 7.48. The van der Waals surface area contributed by atoms with E-state index >= 15 is 0 Å². The SMILES string of the molecule is COc1cc(O)c2c(c1)/C=C/CC(=O)NCCCOCCCCOCCCNC(=O)CCC[C@H](C)OC2=O. The predicted molar refractivity (Wildman–Crippen MR) is 143 cm³/mol. The Bertz CT molecular complexity index is 918. The number of nitrogens with one attached hydrogen (secondary N) is 2. The molecule has 10 heteroatoms. The summed E-state index contributed by atoms with van der Waals surface area (Å²) in [7, 11) is 1.46. The minimum Gasteiger partial charge on any atom is -0.507 e. The van der Waals surface area contributed by atoms with Gasteiger partial charge in [-0.1, -0.05) is 12.2 Å². The number of rotatable bonds is 1. The van der Waals surface area contributed by atoms with Crippen molar-refractivity contribution in [3.8, 4) is 11.5 Å². The molecule has 212 valence electrons. The zero-order valence-corrected chi connectivity index (χ0v) is 22.6. The van der Waals surface area contributed by atoms with Crippen molar-refractivity contribution in [1.82, 2.24) is 10.6 Å². The molecule has 1 atom stereocenters. The Morgan fingerprint density at radius 2 is 1.53 bits per heavy atom. The van der Waals surface area contributed by atoms with E-state index in [-0.39, 0.29) is 29.5 Å². The fourth-order valence-electron chi connectivity index (χ4n) is 3.81. The van der Waals surface area contributed by atoms with Gasteiger partial charge in [0.1, 0.15) is 17.1 Å². The molecule has 0 bridgehead atoms. The van der Waals surface area contributed by atoms with Crippen LogP contribution in [0.2, 0.25) is 0 Å². The van der Waals surface area contributed by atoms with Gasteiger partial charge in [-0.15, -0.1) is 0 Å². The molecule has 0 radical (unpaired) electrons. The third-order valence-electron chi connectivity index (χ3n) is 5.89. The van der Waals surface area contributed by atoms with E-state index in [1.165, 1.54) is 13.2 Å². The molecule has 0 fully saturated rings. The first-order chi connectivity index (χ1) is 18.4. The summed E-state index contributed by atoms with van der Waals surface area (Å²) in [6.45, 7) is 5.25. The number of carbonyl (C=O) groups is 3. The summed E-state index contributed by atoms with van der Waals surface area (Å²) in [5.74, 6) is -0.822. The number of carbonyl (C=O) groups excluding carboxylic acids is 3. The Balaban J connectivity index is 2.03. The second-order valence-corrected chi connectivity index (χ2v) is 9.16. The van der Waals surface area contributed by atoms with Crippen molar-refractivity contribution in [2.45, 2.75) is 64.4 Å². The van der Waals surface area contributed by atoms with Crippen molar-refractivity contribution in [2.24, 2.45) is 0 Å². The number of phenols is 1. The quantitative estimate of drug-likeness (QED) is 0.467. The van der Waals surface area contributed by atoms with Gasteiger partial charge >= 0.3 is 5.97 Å². The molecule has 10 nitrogen and oxygen atoms in total. The minimum absolute atomic E-state index is 0.0104. The lowest BCUT2D eigenvalue weighted by atomic mass is 10.0. The number of cyclic esters (lactones) is 1. The molecular weight excluding hydrogens is 492 g/mol. The van der Waals surface area contributed by atoms with E-state index in [9.17, 15) is 19.5 Å². The number of hydrogen-bond donors (Lipinski definition) is 3. The normalized spacial score (nSPS) is 21.6. The lowest BCUT2D eigenvalue weighted by molar-refractivity contribution is -0.121. The molecule has 1 aliphatic rings. The fraction of sp³-hybridized carbons (Fsp3) is 0.607. The smallest absolute Gasteiger partial charge is 0.342 e. The van der Waals surface area contributed by atoms with Crippen molar-refractivity contribution in [3.63, 3.8) is 0 Å². The van der Waals surface area contributed by atoms with Crippen LogP contribution in [0.15, 0.2) is 18.2 Å². The number of aromatic hydroxyl groups is 1. The topological polar surface area (TPSA) is 132 Å². The van der Waals surface area contributed by atoms with Crippen molar-refractivity contribution >= 4 is 23.9 Å². The molecule has 1 aromatic rings. The zero-order valence-electron chi connectivity index (χ0n) is 22.6. The van der Waals surface area contributed by atoms with Gasteiger partial charge in [-0.25, -0.2) is 4.79 Å². The summed E-state index contributed by atoms with van der Waals surface area (Å²) >= 11 is 0. The first kappa shape index (κ1) is 31.1. The third-order valence-corrected chi connectivity index (χ3v) is 5.89. The maximum Gasteiger partial charge on any atom is 0.342 e. The first-order valence-electron chi connectivity index (χ1n) is 13.4. The predicted octanol–water partition coefficient (Wildman–Crippen LogP) is 3.36. The highest BCUT2D eigenvalue weighted by Crippen LogP contribution is 2.30. The van der Waals surface area contributed by atoms with E-state index < -0.39 is 12.1 Å². The summed E-state index contributed by atoms with van der Waals surface area (Å²) < 4.78 is 21.9. The van der Waals surface area contributed by atoms with Crippen LogP contribution in [0.5, 0.6) is 11.5 Å². The molecule has 0 saturated carbocycles. The first-order valence-corrected chi connectivity index (χ1v) is 13.4. The molecule has 1 aliphatic heterocycles. The number of ether oxygens (including phenoxy) is 4. The van der Waals surface area contributed by atoms with E-state index in [0.717, 1.165) is 19.3 Å². The van der Waals surface area contributed by atoms with E-state index in [4.69, 9.17) is 18.9 Å². The average Bonchev–Trinajstić information content (AvgIpc) is 2.87. The molecule has 0 aromatic heterocycles. The summed E-state index contributed by atoms with van der Waals surface area (Å²) in [5.41, 5.74) is 0.366. The zero-order chi connectivity index (χ0) is 27.6. The van der Waals surface area contributed by atoms with Crippen LogP contribution in [0.25, 0.3) is 6.08 Å². The molecule has 3 N–H and O–H groups in total. The largest absolute Gasteiger partial charge is 0.507 e. The standard InChI is InChI=1S/C28H42N2O8/c1-21-9-5-11-25(32)29-13-7-17-36-15-3-4-16-37-18-8-14-30-26(33)12-6-10-22-19-23(35-2)20-24(31)27(22)28(34)38-21/h6,10,19-21,31H,3-5,7-9,11-18H2,1-2H3,(H,29,32)(H,30,33)/b10-6+/t21-/m0/s1. The number of phenolic OH excluding ortho intramolecular Hbond substituents is 1. The van der Waals surface area contributed by atoms with Gasteiger partial charge in [0.15, 0.2) is 0 Å². The third kappa shape index (κ3) is 12.4. The summed E-state index contributed by atoms with van der Waals surface area (Å²) in [4.78, 5) is 37.2. The summed E-state index contributed by atoms with van der Waals surface area (Å²) in [6, 6.07) is 2.93. The molecule has 2 rings (SSSR count). The van der Waals surface area contributed by atoms with E-state index in [2.05, 4.69) is 10.6 Å². The van der Waals surface area contributed by atoms with Gasteiger partial charge < -0.3 is 34.7 Å². The van der Waals surface area contributed by atoms with Crippen LogP contribution in [-0.4, -0.2) is 75.6 Å². The van der Waals surface area contributed by atoms with Crippen LogP contribution in [0.4, 0.5) is 0 Å². The molecular formula is C28H42N2O8. The van der Waals surface area contributed by atoms with Crippen LogP contribution < -0.4 is 15.4 Å². The Kier molecular flexibility index (Phi) is 14.9. The number of hydrogen-bond acceptors (Lipinski definition) is 8. The molecule has 0 saturated heterocycles. The molecule has 0 unspecified atom stereocenters. The number of methoxy groups -OCH3 is 1. The molecule has 2 amide bonds. The van der Waals surface area contributed by atoms with Gasteiger partial charge in [-0.3, -0.25) is 9.59 Å². The van der Waals surface area contributed by atoms with Gasteiger partial charge in [0, 0.05) is 58.4 Å². The Morgan fingerprint density at radius 3 is 2.18 bits per heavy atom. The van der Waals surface area contributed by atoms with E-state index in [0.29, 0.717) is 76.5 Å². The van der Waals surface area contributed by atoms with Crippen molar-refractivity contribution in [1.29, 1.82) is 0 Å². The van der Waals surface area contributed by atoms with Crippen LogP contribution >= 0.6 is 0 Å². The number of benzene rings is 1. The Morgan fingerprint density at radius 1 is 0.895 bits per heavy atom. The Hall–Kier alpha value is -3.11. The fourth-order valence-corrected chi connectivity index (χ4v) is 3.81. The monoisotopic (exact) mass is 534 g/mol. The molecule has 1 aromatic carbocycles. The number of fused-ring (bicyclic) bond motifs is 1. The lowest BCUT2D eigenvalue weighted by Gasteiger charge is -2.16. The summed E-state index contributed by atoms with van der Waals surface area (Å²) in [5, 5.41) is 16.2. The second kappa shape index (κ2) is 18.2. The van der Waals surface area contributed by atoms with Crippen molar-refractivity contribution < 1.29 is 38.4 Å². The Labute approximate surface area is 225 Å². The molecule has 38 heavy (non-hydrogen) atoms. The highest BCUT2D eigenvalue weighted by Gasteiger charge is 2.21. The molecule has 0 aliphatic carbocycles. The van der Waals surface area contributed by atoms with Gasteiger partial charge in [0.2, 0.25) is 11.8 Å². The maximum absolute atomic E-state index is 12.9. The average molecular weight is 535 g/mol. The molecule has 1 heterocycles. The second-order valence-electron chi connectivity index (χ2n) is 9.16. The maximum atomic E-state index is 12.9. The van der Waals surface area contributed by atoms with Crippen LogP contribution in [0.3, 0.4) is 0 Å². The molecule has 0 spiro atoms. The van der Waals surface area contributed by atoms with Crippen LogP contribution in [-0.2, 0) is 23.8 Å². The van der Waals surface area contributed by atoms with E-state index in [1.807, 2.05) is 0 Å². The van der Waals surface area contributed by atoms with Gasteiger partial charge in [0.05, 0.1) is 13.2 Å². The van der Waals surface area contributed by atoms with E-state index in [1.54, 1.807) is 25.1 Å². The van der Waals surface area contributed by atoms with Crippen molar-refractivity contribution in [2.75, 3.05) is 46.6 Å². The highest BCUT2D eigenvalue weighted by molar-refractivity contribution is 5.97. The van der Waals surface area contributed by atoms with Crippen LogP contribution in [0, 0.1) is 0 Å². The van der Waals surface area contributed by atoms with Gasteiger partial charge in [-0.05, 0) is 57.1 Å². The minimum atomic E-state index is -0.691. The van der Waals surface area contributed by atoms with Gasteiger partial charge in [0.25, 0.3) is 0 Å². The van der Waals surface area contributed by atoms with Gasteiger partial charge in [-0.2, -0.15) is 0 Å². The van der Waals surface area contributed by atoms with Crippen LogP contribution in [0.1, 0.15) is 74.2 Å². The highest BCUT2D eigenvalue weighted by atomic mass is 16.5. The lowest BCUT2D eigenvalue weighted by Crippen LogP contribution is -2.25. The van der Waals surface area contributed by atoms with Crippen molar-refractivity contribution in [3.05, 3.63) is 29.3 Å².